The van der Waals surface area contributed by atoms with Gasteiger partial charge in [0, 0.05) is 28.9 Å². The van der Waals surface area contributed by atoms with Crippen LogP contribution in [0.15, 0.2) is 30.5 Å². The summed E-state index contributed by atoms with van der Waals surface area (Å²) >= 11 is 11.9. The van der Waals surface area contributed by atoms with Gasteiger partial charge in [-0.15, -0.1) is 0 Å². The van der Waals surface area contributed by atoms with Gasteiger partial charge < -0.3 is 10.1 Å². The second-order valence-corrected chi connectivity index (χ2v) is 4.68. The van der Waals surface area contributed by atoms with E-state index in [1.54, 1.807) is 25.4 Å². The predicted molar refractivity (Wildman–Crippen MR) is 77.2 cm³/mol. The first kappa shape index (κ1) is 13.9. The normalized spacial score (nSPS) is 10.3. The van der Waals surface area contributed by atoms with Crippen LogP contribution in [0, 0.1) is 0 Å². The average molecular weight is 298 g/mol. The Morgan fingerprint density at radius 1 is 1.26 bits per heavy atom. The Morgan fingerprint density at radius 2 is 2.11 bits per heavy atom. The van der Waals surface area contributed by atoms with Crippen molar-refractivity contribution in [2.75, 3.05) is 19.0 Å². The van der Waals surface area contributed by atoms with Crippen LogP contribution in [-0.2, 0) is 6.42 Å². The minimum atomic E-state index is 0.530. The Kier molecular flexibility index (Phi) is 4.82. The molecule has 0 unspecified atom stereocenters. The van der Waals surface area contributed by atoms with Crippen molar-refractivity contribution in [1.29, 1.82) is 0 Å². The van der Waals surface area contributed by atoms with Gasteiger partial charge in [-0.1, -0.05) is 29.3 Å². The molecule has 1 aromatic carbocycles. The minimum absolute atomic E-state index is 0.530. The first-order valence-electron chi connectivity index (χ1n) is 5.74. The number of hydrogen-bond donors (Lipinski definition) is 1. The molecule has 0 saturated carbocycles. The maximum atomic E-state index is 6.10. The molecule has 2 aromatic rings. The molecule has 6 heteroatoms. The molecular weight excluding hydrogens is 285 g/mol. The van der Waals surface area contributed by atoms with Crippen molar-refractivity contribution in [1.82, 2.24) is 9.97 Å². The minimum Gasteiger partial charge on any atom is -0.481 e. The van der Waals surface area contributed by atoms with Crippen LogP contribution in [0.3, 0.4) is 0 Å². The highest BCUT2D eigenvalue weighted by Gasteiger charge is 2.02. The molecule has 1 N–H and O–H groups in total. The van der Waals surface area contributed by atoms with Crippen molar-refractivity contribution in [3.63, 3.8) is 0 Å². The maximum absolute atomic E-state index is 6.10. The van der Waals surface area contributed by atoms with Gasteiger partial charge in [-0.2, -0.15) is 4.98 Å². The summed E-state index contributed by atoms with van der Waals surface area (Å²) in [4.78, 5) is 8.26. The molecule has 2 rings (SSSR count). The van der Waals surface area contributed by atoms with Crippen LogP contribution in [0.4, 0.5) is 5.95 Å². The van der Waals surface area contributed by atoms with Crippen LogP contribution in [-0.4, -0.2) is 23.6 Å². The summed E-state index contributed by atoms with van der Waals surface area (Å²) in [6, 6.07) is 7.17. The molecule has 0 saturated heterocycles. The molecule has 4 nitrogen and oxygen atoms in total. The van der Waals surface area contributed by atoms with E-state index in [0.29, 0.717) is 28.4 Å². The highest BCUT2D eigenvalue weighted by atomic mass is 35.5. The SMILES string of the molecule is COc1ccnc(NCCc2ccc(Cl)cc2Cl)n1. The van der Waals surface area contributed by atoms with E-state index < -0.39 is 0 Å². The molecule has 0 atom stereocenters. The Morgan fingerprint density at radius 3 is 2.84 bits per heavy atom. The average Bonchev–Trinajstić information content (AvgIpc) is 2.41. The highest BCUT2D eigenvalue weighted by Crippen LogP contribution is 2.21. The van der Waals surface area contributed by atoms with Crippen LogP contribution in [0.25, 0.3) is 0 Å². The van der Waals surface area contributed by atoms with Gasteiger partial charge in [0.05, 0.1) is 7.11 Å². The monoisotopic (exact) mass is 297 g/mol. The van der Waals surface area contributed by atoms with Crippen molar-refractivity contribution >= 4 is 29.2 Å². The fourth-order valence-electron chi connectivity index (χ4n) is 1.57. The molecule has 0 amide bonds. The molecule has 100 valence electrons. The summed E-state index contributed by atoms with van der Waals surface area (Å²) in [5.41, 5.74) is 1.03. The topological polar surface area (TPSA) is 47.0 Å². The summed E-state index contributed by atoms with van der Waals surface area (Å²) in [5.74, 6) is 1.06. The Hall–Kier alpha value is -1.52. The van der Waals surface area contributed by atoms with E-state index in [0.717, 1.165) is 12.0 Å². The number of halogens is 2. The fraction of sp³-hybridized carbons (Fsp3) is 0.231. The molecule has 0 spiro atoms. The standard InChI is InChI=1S/C13H13Cl2N3O/c1-19-12-5-7-17-13(18-12)16-6-4-9-2-3-10(14)8-11(9)15/h2-3,5,7-8H,4,6H2,1H3,(H,16,17,18). The van der Waals surface area contributed by atoms with E-state index in [1.807, 2.05) is 12.1 Å². The molecule has 1 heterocycles. The van der Waals surface area contributed by atoms with Crippen molar-refractivity contribution < 1.29 is 4.74 Å². The lowest BCUT2D eigenvalue weighted by molar-refractivity contribution is 0.397. The summed E-state index contributed by atoms with van der Waals surface area (Å²) in [6.07, 6.45) is 2.40. The second-order valence-electron chi connectivity index (χ2n) is 3.84. The summed E-state index contributed by atoms with van der Waals surface area (Å²) < 4.78 is 5.02. The number of methoxy groups -OCH3 is 1. The molecule has 0 aliphatic heterocycles. The summed E-state index contributed by atoms with van der Waals surface area (Å²) in [5, 5.41) is 4.42. The quantitative estimate of drug-likeness (QED) is 0.918. The molecule has 0 bridgehead atoms. The van der Waals surface area contributed by atoms with Crippen LogP contribution in [0.2, 0.25) is 10.0 Å². The lowest BCUT2D eigenvalue weighted by atomic mass is 10.1. The second kappa shape index (κ2) is 6.59. The third-order valence-electron chi connectivity index (χ3n) is 2.53. The zero-order valence-corrected chi connectivity index (χ0v) is 11.9. The number of aromatic nitrogens is 2. The number of rotatable bonds is 5. The van der Waals surface area contributed by atoms with E-state index in [9.17, 15) is 0 Å². The zero-order valence-electron chi connectivity index (χ0n) is 10.4. The number of nitrogens with zero attached hydrogens (tertiary/aromatic N) is 2. The first-order chi connectivity index (χ1) is 9.19. The zero-order chi connectivity index (χ0) is 13.7. The Balaban J connectivity index is 1.92. The van der Waals surface area contributed by atoms with Crippen molar-refractivity contribution in [2.45, 2.75) is 6.42 Å². The Bertz CT molecular complexity index is 563. The third-order valence-corrected chi connectivity index (χ3v) is 3.12. The molecule has 19 heavy (non-hydrogen) atoms. The lowest BCUT2D eigenvalue weighted by Crippen LogP contribution is -2.08. The van der Waals surface area contributed by atoms with Gasteiger partial charge in [0.2, 0.25) is 11.8 Å². The first-order valence-corrected chi connectivity index (χ1v) is 6.49. The maximum Gasteiger partial charge on any atom is 0.225 e. The van der Waals surface area contributed by atoms with Gasteiger partial charge >= 0.3 is 0 Å². The van der Waals surface area contributed by atoms with Gasteiger partial charge in [0.15, 0.2) is 0 Å². The van der Waals surface area contributed by atoms with Gasteiger partial charge in [0.1, 0.15) is 0 Å². The van der Waals surface area contributed by atoms with Crippen LogP contribution in [0.5, 0.6) is 5.88 Å². The van der Waals surface area contributed by atoms with E-state index in [-0.39, 0.29) is 0 Å². The smallest absolute Gasteiger partial charge is 0.225 e. The van der Waals surface area contributed by atoms with Gasteiger partial charge in [-0.25, -0.2) is 4.98 Å². The molecule has 0 radical (unpaired) electrons. The highest BCUT2D eigenvalue weighted by molar-refractivity contribution is 6.35. The van der Waals surface area contributed by atoms with E-state index in [2.05, 4.69) is 15.3 Å². The molecular formula is C13H13Cl2N3O. The van der Waals surface area contributed by atoms with Crippen LogP contribution in [0.1, 0.15) is 5.56 Å². The van der Waals surface area contributed by atoms with Crippen molar-refractivity contribution in [2.24, 2.45) is 0 Å². The summed E-state index contributed by atoms with van der Waals surface area (Å²) in [7, 11) is 1.57. The molecule has 0 aliphatic rings. The number of anilines is 1. The van der Waals surface area contributed by atoms with Crippen molar-refractivity contribution in [3.05, 3.63) is 46.1 Å². The number of hydrogen-bond acceptors (Lipinski definition) is 4. The number of ether oxygens (including phenoxy) is 1. The lowest BCUT2D eigenvalue weighted by Gasteiger charge is -2.07. The van der Waals surface area contributed by atoms with Crippen molar-refractivity contribution in [3.8, 4) is 5.88 Å². The molecule has 1 aromatic heterocycles. The van der Waals surface area contributed by atoms with Gasteiger partial charge in [0.25, 0.3) is 0 Å². The van der Waals surface area contributed by atoms with Gasteiger partial charge in [-0.05, 0) is 24.1 Å². The predicted octanol–water partition coefficient (Wildman–Crippen LogP) is 3.45. The van der Waals surface area contributed by atoms with Crippen LogP contribution >= 0.6 is 23.2 Å². The van der Waals surface area contributed by atoms with E-state index in [4.69, 9.17) is 27.9 Å². The fourth-order valence-corrected chi connectivity index (χ4v) is 2.08. The molecule has 0 aliphatic carbocycles. The van der Waals surface area contributed by atoms with E-state index >= 15 is 0 Å². The number of nitrogens with one attached hydrogen (secondary N) is 1. The largest absolute Gasteiger partial charge is 0.481 e. The van der Waals surface area contributed by atoms with Gasteiger partial charge in [-0.3, -0.25) is 0 Å². The van der Waals surface area contributed by atoms with Crippen LogP contribution < -0.4 is 10.1 Å². The number of benzene rings is 1. The third kappa shape index (κ3) is 3.98. The summed E-state index contributed by atoms with van der Waals surface area (Å²) in [6.45, 7) is 0.675. The Labute approximate surface area is 121 Å². The molecule has 0 fully saturated rings. The van der Waals surface area contributed by atoms with E-state index in [1.165, 1.54) is 0 Å².